The van der Waals surface area contributed by atoms with Gasteiger partial charge in [0.1, 0.15) is 0 Å². The monoisotopic (exact) mass is 198 g/mol. The first kappa shape index (κ1) is 13.0. The van der Waals surface area contributed by atoms with Crippen molar-refractivity contribution in [2.75, 3.05) is 0 Å². The third-order valence-electron chi connectivity index (χ3n) is 1.85. The van der Waals surface area contributed by atoms with Gasteiger partial charge in [-0.1, -0.05) is 13.3 Å². The van der Waals surface area contributed by atoms with Gasteiger partial charge in [-0.15, -0.1) is 0 Å². The topological polar surface area (TPSA) is 55.1 Å². The van der Waals surface area contributed by atoms with Crippen LogP contribution < -0.4 is 11.1 Å². The number of amides is 1. The molecule has 0 atom stereocenters. The molecule has 0 radical (unpaired) electrons. The minimum atomic E-state index is -0.342. The van der Waals surface area contributed by atoms with Gasteiger partial charge < -0.3 is 11.1 Å². The molecule has 0 saturated heterocycles. The van der Waals surface area contributed by atoms with Crippen molar-refractivity contribution in [2.45, 2.75) is 53.0 Å². The van der Waals surface area contributed by atoms with Crippen LogP contribution in [0.1, 0.15) is 47.5 Å². The Morgan fingerprint density at radius 1 is 1.36 bits per heavy atom. The molecule has 0 rings (SSSR count). The Kier molecular flexibility index (Phi) is 4.68. The molecule has 3 nitrogen and oxygen atoms in total. The smallest absolute Gasteiger partial charge is 0.246 e. The number of rotatable bonds is 4. The summed E-state index contributed by atoms with van der Waals surface area (Å²) in [7, 11) is 0. The quantitative estimate of drug-likeness (QED) is 0.678. The standard InChI is InChI=1S/C11H22N2O/c1-6-7-9(8(2)10(12)14)13-11(3,4)5/h13H,6-7H2,1-5H3,(H2,12,14)/b9-8+. The van der Waals surface area contributed by atoms with E-state index >= 15 is 0 Å². The van der Waals surface area contributed by atoms with E-state index in [1.807, 2.05) is 0 Å². The predicted molar refractivity (Wildman–Crippen MR) is 59.7 cm³/mol. The van der Waals surface area contributed by atoms with Gasteiger partial charge in [-0.05, 0) is 34.1 Å². The molecule has 14 heavy (non-hydrogen) atoms. The van der Waals surface area contributed by atoms with E-state index in [1.165, 1.54) is 0 Å². The maximum absolute atomic E-state index is 11.0. The van der Waals surface area contributed by atoms with Crippen LogP contribution in [0.3, 0.4) is 0 Å². The van der Waals surface area contributed by atoms with Crippen molar-refractivity contribution in [3.63, 3.8) is 0 Å². The van der Waals surface area contributed by atoms with E-state index in [-0.39, 0.29) is 11.4 Å². The molecule has 0 fully saturated rings. The van der Waals surface area contributed by atoms with Crippen molar-refractivity contribution in [2.24, 2.45) is 5.73 Å². The molecule has 3 N–H and O–H groups in total. The van der Waals surface area contributed by atoms with Crippen LogP contribution in [0.2, 0.25) is 0 Å². The number of carbonyl (C=O) groups excluding carboxylic acids is 1. The summed E-state index contributed by atoms with van der Waals surface area (Å²) in [4.78, 5) is 11.0. The Morgan fingerprint density at radius 3 is 2.14 bits per heavy atom. The van der Waals surface area contributed by atoms with Gasteiger partial charge in [-0.3, -0.25) is 4.79 Å². The van der Waals surface area contributed by atoms with Crippen LogP contribution in [0.15, 0.2) is 11.3 Å². The molecular weight excluding hydrogens is 176 g/mol. The lowest BCUT2D eigenvalue weighted by Crippen LogP contribution is -2.36. The van der Waals surface area contributed by atoms with Crippen molar-refractivity contribution in [1.29, 1.82) is 0 Å². The molecule has 3 heteroatoms. The van der Waals surface area contributed by atoms with Gasteiger partial charge in [0.25, 0.3) is 0 Å². The second kappa shape index (κ2) is 5.03. The molecule has 0 unspecified atom stereocenters. The molecule has 0 aliphatic carbocycles. The van der Waals surface area contributed by atoms with Crippen LogP contribution in [-0.4, -0.2) is 11.4 Å². The van der Waals surface area contributed by atoms with Gasteiger partial charge in [0.15, 0.2) is 0 Å². The SMILES string of the molecule is CCC/C(NC(C)(C)C)=C(/C)C(N)=O. The summed E-state index contributed by atoms with van der Waals surface area (Å²) in [6.07, 6.45) is 1.87. The van der Waals surface area contributed by atoms with Gasteiger partial charge in [-0.2, -0.15) is 0 Å². The highest BCUT2D eigenvalue weighted by molar-refractivity contribution is 5.92. The first-order valence-corrected chi connectivity index (χ1v) is 5.05. The van der Waals surface area contributed by atoms with E-state index in [2.05, 4.69) is 33.0 Å². The molecule has 82 valence electrons. The van der Waals surface area contributed by atoms with Gasteiger partial charge >= 0.3 is 0 Å². The summed E-state index contributed by atoms with van der Waals surface area (Å²) in [5.74, 6) is -0.342. The molecule has 0 aliphatic rings. The first-order chi connectivity index (χ1) is 6.28. The number of nitrogens with two attached hydrogens (primary N) is 1. The third kappa shape index (κ3) is 4.90. The molecule has 0 heterocycles. The maximum atomic E-state index is 11.0. The molecule has 0 saturated carbocycles. The zero-order valence-electron chi connectivity index (χ0n) is 9.90. The van der Waals surface area contributed by atoms with Crippen LogP contribution in [0.25, 0.3) is 0 Å². The number of allylic oxidation sites excluding steroid dienone is 1. The van der Waals surface area contributed by atoms with Gasteiger partial charge in [0.2, 0.25) is 5.91 Å². The predicted octanol–water partition coefficient (Wildman–Crippen LogP) is 1.93. The Bertz CT molecular complexity index is 236. The minimum Gasteiger partial charge on any atom is -0.383 e. The normalized spacial score (nSPS) is 13.5. The van der Waals surface area contributed by atoms with E-state index in [4.69, 9.17) is 5.73 Å². The van der Waals surface area contributed by atoms with Crippen LogP contribution in [0, 0.1) is 0 Å². The lowest BCUT2D eigenvalue weighted by atomic mass is 10.0. The fourth-order valence-corrected chi connectivity index (χ4v) is 1.20. The van der Waals surface area contributed by atoms with Crippen LogP contribution in [0.5, 0.6) is 0 Å². The first-order valence-electron chi connectivity index (χ1n) is 5.05. The summed E-state index contributed by atoms with van der Waals surface area (Å²) >= 11 is 0. The van der Waals surface area contributed by atoms with E-state index in [1.54, 1.807) is 6.92 Å². The van der Waals surface area contributed by atoms with Gasteiger partial charge in [-0.25, -0.2) is 0 Å². The Hall–Kier alpha value is -0.990. The van der Waals surface area contributed by atoms with Crippen LogP contribution in [-0.2, 0) is 4.79 Å². The summed E-state index contributed by atoms with van der Waals surface area (Å²) in [6.45, 7) is 10.1. The molecule has 0 spiro atoms. The van der Waals surface area contributed by atoms with Crippen LogP contribution in [0.4, 0.5) is 0 Å². The van der Waals surface area contributed by atoms with Gasteiger partial charge in [0.05, 0.1) is 0 Å². The number of carbonyl (C=O) groups is 1. The average molecular weight is 198 g/mol. The largest absolute Gasteiger partial charge is 0.383 e. The molecule has 0 aromatic carbocycles. The highest BCUT2D eigenvalue weighted by Gasteiger charge is 2.14. The van der Waals surface area contributed by atoms with Crippen molar-refractivity contribution in [3.8, 4) is 0 Å². The van der Waals surface area contributed by atoms with E-state index in [0.29, 0.717) is 5.57 Å². The van der Waals surface area contributed by atoms with Crippen molar-refractivity contribution in [1.82, 2.24) is 5.32 Å². The summed E-state index contributed by atoms with van der Waals surface area (Å²) in [5.41, 5.74) is 6.83. The molecule has 0 aromatic rings. The zero-order chi connectivity index (χ0) is 11.4. The fraction of sp³-hybridized carbons (Fsp3) is 0.727. The van der Waals surface area contributed by atoms with Crippen LogP contribution >= 0.6 is 0 Å². The van der Waals surface area contributed by atoms with E-state index in [0.717, 1.165) is 18.5 Å². The van der Waals surface area contributed by atoms with E-state index in [9.17, 15) is 4.79 Å². The molecule has 1 amide bonds. The summed E-state index contributed by atoms with van der Waals surface area (Å²) in [6, 6.07) is 0. The highest BCUT2D eigenvalue weighted by Crippen LogP contribution is 2.12. The molecule has 0 aliphatic heterocycles. The number of primary amides is 1. The summed E-state index contributed by atoms with van der Waals surface area (Å²) in [5, 5.41) is 3.32. The maximum Gasteiger partial charge on any atom is 0.246 e. The molecule has 0 bridgehead atoms. The second-order valence-corrected chi connectivity index (χ2v) is 4.59. The Morgan fingerprint density at radius 2 is 1.86 bits per heavy atom. The lowest BCUT2D eigenvalue weighted by molar-refractivity contribution is -0.114. The Balaban J connectivity index is 4.76. The number of hydrogen-bond acceptors (Lipinski definition) is 2. The zero-order valence-corrected chi connectivity index (χ0v) is 9.90. The van der Waals surface area contributed by atoms with Crippen molar-refractivity contribution < 1.29 is 4.79 Å². The van der Waals surface area contributed by atoms with E-state index < -0.39 is 0 Å². The second-order valence-electron chi connectivity index (χ2n) is 4.59. The lowest BCUT2D eigenvalue weighted by Gasteiger charge is -2.25. The minimum absolute atomic E-state index is 0.0266. The fourth-order valence-electron chi connectivity index (χ4n) is 1.20. The van der Waals surface area contributed by atoms with Gasteiger partial charge in [0, 0.05) is 16.8 Å². The number of nitrogens with one attached hydrogen (secondary N) is 1. The molecular formula is C11H22N2O. The van der Waals surface area contributed by atoms with Crippen molar-refractivity contribution in [3.05, 3.63) is 11.3 Å². The molecule has 0 aromatic heterocycles. The Labute approximate surface area is 86.8 Å². The summed E-state index contributed by atoms with van der Waals surface area (Å²) < 4.78 is 0. The van der Waals surface area contributed by atoms with Crippen molar-refractivity contribution >= 4 is 5.91 Å². The average Bonchev–Trinajstić information content (AvgIpc) is 1.99. The highest BCUT2D eigenvalue weighted by atomic mass is 16.1. The number of hydrogen-bond donors (Lipinski definition) is 2. The third-order valence-corrected chi connectivity index (χ3v) is 1.85.